The number of rotatable bonds is 5. The molecule has 2 aromatic carbocycles. The van der Waals surface area contributed by atoms with Gasteiger partial charge in [-0.05, 0) is 19.1 Å². The first kappa shape index (κ1) is 22.2. The number of benzene rings is 2. The second kappa shape index (κ2) is 9.08. The van der Waals surface area contributed by atoms with Gasteiger partial charge in [0.25, 0.3) is 5.69 Å². The first-order valence-electron chi connectivity index (χ1n) is 8.97. The van der Waals surface area contributed by atoms with Crippen LogP contribution in [0.4, 0.5) is 5.69 Å². The summed E-state index contributed by atoms with van der Waals surface area (Å²) in [5, 5.41) is 21.4. The molecule has 1 atom stereocenters. The highest BCUT2D eigenvalue weighted by molar-refractivity contribution is 6.36. The third-order valence-corrected chi connectivity index (χ3v) is 5.18. The van der Waals surface area contributed by atoms with Crippen LogP contribution in [0.2, 0.25) is 10.0 Å². The van der Waals surface area contributed by atoms with E-state index in [1.165, 1.54) is 24.3 Å². The molecule has 1 unspecified atom stereocenters. The van der Waals surface area contributed by atoms with E-state index in [4.69, 9.17) is 38.4 Å². The number of non-ortho nitro benzene ring substituents is 1. The summed E-state index contributed by atoms with van der Waals surface area (Å²) in [6, 6.07) is 12.1. The lowest BCUT2D eigenvalue weighted by molar-refractivity contribution is -0.384. The van der Waals surface area contributed by atoms with E-state index in [0.717, 1.165) is 0 Å². The fraction of sp³-hybridized carbons (Fsp3) is 0.143. The van der Waals surface area contributed by atoms with Gasteiger partial charge >= 0.3 is 5.97 Å². The molecule has 1 heterocycles. The van der Waals surface area contributed by atoms with Gasteiger partial charge in [-0.25, -0.2) is 4.79 Å². The Labute approximate surface area is 187 Å². The molecule has 0 spiro atoms. The summed E-state index contributed by atoms with van der Waals surface area (Å²) in [4.78, 5) is 23.7. The van der Waals surface area contributed by atoms with Crippen LogP contribution >= 0.6 is 23.2 Å². The minimum Gasteiger partial charge on any atom is -0.463 e. The van der Waals surface area contributed by atoms with E-state index in [2.05, 4.69) is 0 Å². The second-order valence-corrected chi connectivity index (χ2v) is 7.15. The van der Waals surface area contributed by atoms with Crippen molar-refractivity contribution < 1.29 is 19.2 Å². The number of nitro groups is 1. The molecule has 1 aliphatic heterocycles. The van der Waals surface area contributed by atoms with Crippen LogP contribution in [0.3, 0.4) is 0 Å². The van der Waals surface area contributed by atoms with E-state index in [1.807, 2.05) is 6.07 Å². The maximum atomic E-state index is 13.0. The van der Waals surface area contributed by atoms with Gasteiger partial charge in [-0.1, -0.05) is 41.4 Å². The van der Waals surface area contributed by atoms with Gasteiger partial charge < -0.3 is 15.2 Å². The lowest BCUT2D eigenvalue weighted by Crippen LogP contribution is -2.26. The molecule has 10 heteroatoms. The molecule has 0 saturated carbocycles. The third-order valence-electron chi connectivity index (χ3n) is 4.52. The molecular formula is C21H15Cl2N3O5. The van der Waals surface area contributed by atoms with E-state index >= 15 is 0 Å². The standard InChI is InChI=1S/C21H15Cl2N3O5/c1-2-30-21(27)18-16(17-14(22)7-4-8-15(17)23)13(10-24)20(25)31-19(18)11-5-3-6-12(9-11)26(28)29/h3-9,16H,2,25H2,1H3. The van der Waals surface area contributed by atoms with Gasteiger partial charge in [0, 0.05) is 33.3 Å². The van der Waals surface area contributed by atoms with Crippen molar-refractivity contribution in [2.75, 3.05) is 6.61 Å². The molecule has 2 aromatic rings. The van der Waals surface area contributed by atoms with Gasteiger partial charge in [-0.2, -0.15) is 5.26 Å². The van der Waals surface area contributed by atoms with Crippen LogP contribution in [0.5, 0.6) is 0 Å². The maximum absolute atomic E-state index is 13.0. The molecule has 8 nitrogen and oxygen atoms in total. The van der Waals surface area contributed by atoms with Gasteiger partial charge in [0.2, 0.25) is 5.88 Å². The van der Waals surface area contributed by atoms with Gasteiger partial charge in [0.05, 0.1) is 23.0 Å². The number of carbonyl (C=O) groups excluding carboxylic acids is 1. The van der Waals surface area contributed by atoms with Crippen LogP contribution in [0, 0.1) is 21.4 Å². The van der Waals surface area contributed by atoms with Crippen molar-refractivity contribution in [2.24, 2.45) is 5.73 Å². The van der Waals surface area contributed by atoms with Crippen molar-refractivity contribution in [1.82, 2.24) is 0 Å². The zero-order valence-corrected chi connectivity index (χ0v) is 17.6. The molecule has 0 bridgehead atoms. The van der Waals surface area contributed by atoms with Crippen LogP contribution in [0.1, 0.15) is 24.0 Å². The Hall–Kier alpha value is -3.54. The summed E-state index contributed by atoms with van der Waals surface area (Å²) in [7, 11) is 0. The van der Waals surface area contributed by atoms with Crippen molar-refractivity contribution >= 4 is 40.6 Å². The van der Waals surface area contributed by atoms with Crippen molar-refractivity contribution in [2.45, 2.75) is 12.8 Å². The van der Waals surface area contributed by atoms with Crippen LogP contribution in [0.25, 0.3) is 5.76 Å². The summed E-state index contributed by atoms with van der Waals surface area (Å²) in [6.07, 6.45) is 0. The fourth-order valence-corrected chi connectivity index (χ4v) is 3.84. The van der Waals surface area contributed by atoms with Crippen LogP contribution in [-0.2, 0) is 14.3 Å². The number of allylic oxidation sites excluding steroid dienone is 1. The zero-order valence-electron chi connectivity index (χ0n) is 16.1. The number of halogens is 2. The molecule has 31 heavy (non-hydrogen) atoms. The normalized spacial score (nSPS) is 15.9. The maximum Gasteiger partial charge on any atom is 0.338 e. The molecule has 0 amide bonds. The van der Waals surface area contributed by atoms with Crippen LogP contribution in [-0.4, -0.2) is 17.5 Å². The summed E-state index contributed by atoms with van der Waals surface area (Å²) in [5.41, 5.74) is 6.06. The van der Waals surface area contributed by atoms with Gasteiger partial charge in [-0.15, -0.1) is 0 Å². The Kier molecular flexibility index (Phi) is 6.49. The molecule has 0 radical (unpaired) electrons. The molecular weight excluding hydrogens is 445 g/mol. The molecule has 1 aliphatic rings. The number of ether oxygens (including phenoxy) is 2. The molecule has 0 saturated heterocycles. The number of esters is 1. The molecule has 0 aromatic heterocycles. The number of carbonyl (C=O) groups is 1. The number of nitrogens with zero attached hydrogens (tertiary/aromatic N) is 2. The second-order valence-electron chi connectivity index (χ2n) is 6.33. The molecule has 158 valence electrons. The van der Waals surface area contributed by atoms with Crippen molar-refractivity contribution in [3.05, 3.63) is 90.8 Å². The lowest BCUT2D eigenvalue weighted by Gasteiger charge is -2.29. The largest absolute Gasteiger partial charge is 0.463 e. The average molecular weight is 460 g/mol. The molecule has 3 rings (SSSR count). The molecule has 2 N–H and O–H groups in total. The Morgan fingerprint density at radius 1 is 1.29 bits per heavy atom. The highest BCUT2D eigenvalue weighted by Gasteiger charge is 2.40. The lowest BCUT2D eigenvalue weighted by atomic mass is 9.82. The highest BCUT2D eigenvalue weighted by atomic mass is 35.5. The average Bonchev–Trinajstić information content (AvgIpc) is 2.73. The van der Waals surface area contributed by atoms with E-state index in [-0.39, 0.29) is 56.3 Å². The number of hydrogen-bond acceptors (Lipinski definition) is 7. The Morgan fingerprint density at radius 2 is 1.94 bits per heavy atom. The number of hydrogen-bond donors (Lipinski definition) is 1. The van der Waals surface area contributed by atoms with E-state index in [0.29, 0.717) is 0 Å². The van der Waals surface area contributed by atoms with Gasteiger partial charge in [0.15, 0.2) is 0 Å². The summed E-state index contributed by atoms with van der Waals surface area (Å²) in [6.45, 7) is 1.65. The predicted octanol–water partition coefficient (Wildman–Crippen LogP) is 4.68. The van der Waals surface area contributed by atoms with E-state index in [9.17, 15) is 20.2 Å². The Morgan fingerprint density at radius 3 is 2.52 bits per heavy atom. The molecule has 0 fully saturated rings. The van der Waals surface area contributed by atoms with E-state index < -0.39 is 16.8 Å². The number of nitro benzene ring substituents is 1. The monoisotopic (exact) mass is 459 g/mol. The number of nitrogens with two attached hydrogens (primary N) is 1. The third kappa shape index (κ3) is 4.19. The van der Waals surface area contributed by atoms with Crippen molar-refractivity contribution in [3.8, 4) is 6.07 Å². The van der Waals surface area contributed by atoms with E-state index in [1.54, 1.807) is 25.1 Å². The quantitative estimate of drug-likeness (QED) is 0.390. The topological polar surface area (TPSA) is 128 Å². The van der Waals surface area contributed by atoms with Crippen LogP contribution < -0.4 is 5.73 Å². The minimum absolute atomic E-state index is 0.0363. The van der Waals surface area contributed by atoms with Gasteiger partial charge in [0.1, 0.15) is 17.4 Å². The smallest absolute Gasteiger partial charge is 0.338 e. The van der Waals surface area contributed by atoms with Crippen LogP contribution in [0.15, 0.2) is 59.5 Å². The van der Waals surface area contributed by atoms with Gasteiger partial charge in [-0.3, -0.25) is 10.1 Å². The number of nitriles is 1. The molecule has 0 aliphatic carbocycles. The fourth-order valence-electron chi connectivity index (χ4n) is 3.23. The van der Waals surface area contributed by atoms with Crippen molar-refractivity contribution in [3.63, 3.8) is 0 Å². The summed E-state index contributed by atoms with van der Waals surface area (Å²) >= 11 is 12.8. The Balaban J connectivity index is 2.37. The SMILES string of the molecule is CCOC(=O)C1=C(c2cccc([N+](=O)[O-])c2)OC(N)=C(C#N)C1c1c(Cl)cccc1Cl. The minimum atomic E-state index is -1.10. The highest BCUT2D eigenvalue weighted by Crippen LogP contribution is 2.47. The Bertz CT molecular complexity index is 1160. The first-order valence-corrected chi connectivity index (χ1v) is 9.73. The zero-order chi connectivity index (χ0) is 22.7. The predicted molar refractivity (Wildman–Crippen MR) is 114 cm³/mol. The first-order chi connectivity index (χ1) is 14.8. The summed E-state index contributed by atoms with van der Waals surface area (Å²) < 4.78 is 10.8. The summed E-state index contributed by atoms with van der Waals surface area (Å²) in [5.74, 6) is -2.27. The van der Waals surface area contributed by atoms with Crippen molar-refractivity contribution in [1.29, 1.82) is 5.26 Å².